The van der Waals surface area contributed by atoms with Gasteiger partial charge in [-0.3, -0.25) is 0 Å². The predicted molar refractivity (Wildman–Crippen MR) is 122 cm³/mol. The Morgan fingerprint density at radius 2 is 1.90 bits per heavy atom. The van der Waals surface area contributed by atoms with Crippen LogP contribution in [-0.2, 0) is 10.5 Å². The summed E-state index contributed by atoms with van der Waals surface area (Å²) < 4.78 is 6.10. The first-order chi connectivity index (χ1) is 14.5. The van der Waals surface area contributed by atoms with Gasteiger partial charge in [-0.05, 0) is 19.4 Å². The molecule has 0 saturated heterocycles. The quantitative estimate of drug-likeness (QED) is 0.188. The summed E-state index contributed by atoms with van der Waals surface area (Å²) in [7, 11) is 0. The summed E-state index contributed by atoms with van der Waals surface area (Å²) in [5.41, 5.74) is 1.28. The van der Waals surface area contributed by atoms with Crippen LogP contribution < -0.4 is 10.6 Å². The lowest BCUT2D eigenvalue weighted by atomic mass is 10.1. The van der Waals surface area contributed by atoms with Crippen LogP contribution >= 0.6 is 23.1 Å². The highest BCUT2D eigenvalue weighted by Crippen LogP contribution is 2.33. The zero-order chi connectivity index (χ0) is 21.4. The molecule has 0 aliphatic rings. The van der Waals surface area contributed by atoms with Gasteiger partial charge in [0, 0.05) is 12.3 Å². The van der Waals surface area contributed by atoms with E-state index < -0.39 is 5.54 Å². The largest absolute Gasteiger partial charge is 0.394 e. The average molecular weight is 450 g/mol. The number of thiazole rings is 1. The molecule has 3 aromatic rings. The van der Waals surface area contributed by atoms with E-state index in [0.29, 0.717) is 36.4 Å². The average Bonchev–Trinajstić information content (AvgIpc) is 3.16. The molecule has 2 aromatic heterocycles. The Balaban J connectivity index is 1.80. The van der Waals surface area contributed by atoms with Gasteiger partial charge in [0.1, 0.15) is 4.70 Å². The van der Waals surface area contributed by atoms with Crippen LogP contribution in [0.25, 0.3) is 10.3 Å². The molecule has 0 bridgehead atoms. The molecule has 10 heteroatoms. The number of nitrogens with zero attached hydrogens (tertiary/aromatic N) is 3. The third-order valence-corrected chi connectivity index (χ3v) is 5.98. The number of hydrogen-bond donors (Lipinski definition) is 4. The molecule has 162 valence electrons. The molecule has 0 radical (unpaired) electrons. The van der Waals surface area contributed by atoms with Gasteiger partial charge in [-0.1, -0.05) is 53.4 Å². The smallest absolute Gasteiger partial charge is 0.191 e. The Labute approximate surface area is 184 Å². The Bertz CT molecular complexity index is 937. The first kappa shape index (κ1) is 22.7. The lowest BCUT2D eigenvalue weighted by molar-refractivity contribution is 0.0992. The van der Waals surface area contributed by atoms with Gasteiger partial charge in [0.2, 0.25) is 0 Å². The molecule has 0 amide bonds. The minimum Gasteiger partial charge on any atom is -0.394 e. The predicted octanol–water partition coefficient (Wildman–Crippen LogP) is 2.98. The lowest BCUT2D eigenvalue weighted by Crippen LogP contribution is -2.35. The summed E-state index contributed by atoms with van der Waals surface area (Å²) in [6.07, 6.45) is 0. The van der Waals surface area contributed by atoms with Gasteiger partial charge >= 0.3 is 0 Å². The fourth-order valence-electron chi connectivity index (χ4n) is 2.51. The van der Waals surface area contributed by atoms with E-state index in [1.54, 1.807) is 11.8 Å². The molecular weight excluding hydrogens is 422 g/mol. The molecule has 30 heavy (non-hydrogen) atoms. The maximum absolute atomic E-state index is 9.67. The number of rotatable bonds is 12. The number of anilines is 2. The summed E-state index contributed by atoms with van der Waals surface area (Å²) in [5, 5.41) is 26.3. The zero-order valence-corrected chi connectivity index (χ0v) is 18.7. The van der Waals surface area contributed by atoms with Crippen molar-refractivity contribution in [3.05, 3.63) is 35.9 Å². The van der Waals surface area contributed by atoms with E-state index in [1.165, 1.54) is 16.9 Å². The maximum atomic E-state index is 9.67. The number of ether oxygens (including phenoxy) is 1. The van der Waals surface area contributed by atoms with Gasteiger partial charge in [0.05, 0.1) is 32.0 Å². The van der Waals surface area contributed by atoms with Crippen LogP contribution in [-0.4, -0.2) is 63.7 Å². The van der Waals surface area contributed by atoms with Gasteiger partial charge < -0.3 is 25.6 Å². The summed E-state index contributed by atoms with van der Waals surface area (Å²) in [4.78, 5) is 13.9. The van der Waals surface area contributed by atoms with Crippen molar-refractivity contribution in [2.45, 2.75) is 30.3 Å². The minimum absolute atomic E-state index is 0.00975. The van der Waals surface area contributed by atoms with Crippen LogP contribution in [0.1, 0.15) is 19.4 Å². The van der Waals surface area contributed by atoms with E-state index in [0.717, 1.165) is 15.6 Å². The standard InChI is InChI=1S/C20H27N5O3S2/c1-20(2,13-27)25-17-15-16(22-18(30-15)21-8-10-28-11-9-26)23-19(24-17)29-12-14-6-4-3-5-7-14/h3-7,26-27H,8-13H2,1-2H3,(H2,21,22,23,24,25). The number of nitrogens with one attached hydrogen (secondary N) is 2. The van der Waals surface area contributed by atoms with Crippen LogP contribution in [0.3, 0.4) is 0 Å². The van der Waals surface area contributed by atoms with Crippen molar-refractivity contribution >= 4 is 44.4 Å². The Morgan fingerprint density at radius 1 is 1.10 bits per heavy atom. The second-order valence-electron chi connectivity index (χ2n) is 7.23. The van der Waals surface area contributed by atoms with Crippen molar-refractivity contribution in [3.8, 4) is 0 Å². The lowest BCUT2D eigenvalue weighted by Gasteiger charge is -2.24. The van der Waals surface area contributed by atoms with Crippen LogP contribution in [0.2, 0.25) is 0 Å². The monoisotopic (exact) mass is 449 g/mol. The molecule has 0 aliphatic heterocycles. The number of aromatic nitrogens is 3. The molecule has 0 fully saturated rings. The van der Waals surface area contributed by atoms with E-state index in [-0.39, 0.29) is 13.2 Å². The molecule has 1 aromatic carbocycles. The fraction of sp³-hybridized carbons (Fsp3) is 0.450. The molecule has 8 nitrogen and oxygen atoms in total. The SMILES string of the molecule is CC(C)(CO)Nc1nc(SCc2ccccc2)nc2nc(NCCOCCO)sc12. The molecule has 0 atom stereocenters. The number of hydrogen-bond acceptors (Lipinski definition) is 10. The van der Waals surface area contributed by atoms with E-state index in [4.69, 9.17) is 14.8 Å². The van der Waals surface area contributed by atoms with E-state index in [1.807, 2.05) is 32.0 Å². The number of benzene rings is 1. The summed E-state index contributed by atoms with van der Waals surface area (Å²) in [6.45, 7) is 5.18. The zero-order valence-electron chi connectivity index (χ0n) is 17.1. The molecule has 2 heterocycles. The second-order valence-corrected chi connectivity index (χ2v) is 9.17. The van der Waals surface area contributed by atoms with E-state index >= 15 is 0 Å². The van der Waals surface area contributed by atoms with Crippen molar-refractivity contribution in [2.24, 2.45) is 0 Å². The highest BCUT2D eigenvalue weighted by atomic mass is 32.2. The van der Waals surface area contributed by atoms with Crippen LogP contribution in [0.4, 0.5) is 10.9 Å². The van der Waals surface area contributed by atoms with Gasteiger partial charge in [-0.25, -0.2) is 9.97 Å². The van der Waals surface area contributed by atoms with Crippen LogP contribution in [0.15, 0.2) is 35.5 Å². The maximum Gasteiger partial charge on any atom is 0.191 e. The molecular formula is C20H27N5O3S2. The van der Waals surface area contributed by atoms with Crippen LogP contribution in [0, 0.1) is 0 Å². The van der Waals surface area contributed by atoms with Gasteiger partial charge in [0.15, 0.2) is 21.8 Å². The molecule has 3 rings (SSSR count). The van der Waals surface area contributed by atoms with Crippen molar-refractivity contribution in [1.82, 2.24) is 15.0 Å². The van der Waals surface area contributed by atoms with E-state index in [9.17, 15) is 5.11 Å². The molecule has 4 N–H and O–H groups in total. The highest BCUT2D eigenvalue weighted by molar-refractivity contribution is 7.98. The number of aliphatic hydroxyl groups is 2. The normalized spacial score (nSPS) is 11.7. The third-order valence-electron chi connectivity index (χ3n) is 4.05. The Morgan fingerprint density at radius 3 is 2.63 bits per heavy atom. The fourth-order valence-corrected chi connectivity index (χ4v) is 4.18. The molecule has 0 unspecified atom stereocenters. The van der Waals surface area contributed by atoms with Crippen molar-refractivity contribution < 1.29 is 14.9 Å². The number of aliphatic hydroxyl groups excluding tert-OH is 2. The van der Waals surface area contributed by atoms with Crippen LogP contribution in [0.5, 0.6) is 0 Å². The first-order valence-electron chi connectivity index (χ1n) is 9.67. The van der Waals surface area contributed by atoms with Crippen molar-refractivity contribution in [2.75, 3.05) is 43.6 Å². The molecule has 0 spiro atoms. The second kappa shape index (κ2) is 10.9. The molecule has 0 saturated carbocycles. The van der Waals surface area contributed by atoms with Gasteiger partial charge in [-0.15, -0.1) is 0 Å². The van der Waals surface area contributed by atoms with Gasteiger partial charge in [0.25, 0.3) is 0 Å². The number of fused-ring (bicyclic) bond motifs is 1. The Kier molecular flexibility index (Phi) is 8.23. The third kappa shape index (κ3) is 6.51. The van der Waals surface area contributed by atoms with Crippen molar-refractivity contribution in [3.63, 3.8) is 0 Å². The highest BCUT2D eigenvalue weighted by Gasteiger charge is 2.21. The van der Waals surface area contributed by atoms with E-state index in [2.05, 4.69) is 32.7 Å². The molecule has 0 aliphatic carbocycles. The first-order valence-corrected chi connectivity index (χ1v) is 11.5. The van der Waals surface area contributed by atoms with Gasteiger partial charge in [-0.2, -0.15) is 4.98 Å². The number of thioether (sulfide) groups is 1. The topological polar surface area (TPSA) is 112 Å². The summed E-state index contributed by atoms with van der Waals surface area (Å²) in [6, 6.07) is 10.2. The van der Waals surface area contributed by atoms with Crippen molar-refractivity contribution in [1.29, 1.82) is 0 Å². The summed E-state index contributed by atoms with van der Waals surface area (Å²) in [5.74, 6) is 1.42. The minimum atomic E-state index is -0.529. The Hall–Kier alpha value is -1.98. The summed E-state index contributed by atoms with van der Waals surface area (Å²) >= 11 is 3.00.